The molecule has 0 saturated carbocycles. The summed E-state index contributed by atoms with van der Waals surface area (Å²) in [6, 6.07) is 0. The van der Waals surface area contributed by atoms with E-state index in [0.717, 1.165) is 0 Å². The number of nitrogens with one attached hydrogen (secondary N) is 2. The molecule has 5 nitrogen and oxygen atoms in total. The van der Waals surface area contributed by atoms with Gasteiger partial charge in [0.2, 0.25) is 11.8 Å². The minimum atomic E-state index is -0.277. The first-order valence-electron chi connectivity index (χ1n) is 5.00. The Morgan fingerprint density at radius 2 is 1.80 bits per heavy atom. The molecule has 0 aromatic carbocycles. The van der Waals surface area contributed by atoms with E-state index in [0.29, 0.717) is 6.61 Å². The first-order valence-corrected chi connectivity index (χ1v) is 5.00. The van der Waals surface area contributed by atoms with Crippen molar-refractivity contribution >= 4 is 11.8 Å². The summed E-state index contributed by atoms with van der Waals surface area (Å²) in [4.78, 5) is 22.3. The maximum absolute atomic E-state index is 11.3. The molecule has 0 unspecified atom stereocenters. The van der Waals surface area contributed by atoms with Crippen LogP contribution in [0.1, 0.15) is 27.7 Å². The number of amides is 2. The van der Waals surface area contributed by atoms with Gasteiger partial charge in [-0.25, -0.2) is 0 Å². The standard InChI is InChI=1S/C10H20N2O3/c1-5-15-7-9(14)11-6-8(13)12-10(2,3)4/h5-7H2,1-4H3,(H,11,14)(H,12,13). The molecule has 88 valence electrons. The van der Waals surface area contributed by atoms with Gasteiger partial charge < -0.3 is 15.4 Å². The number of carbonyl (C=O) groups excluding carboxylic acids is 2. The van der Waals surface area contributed by atoms with Crippen LogP contribution in [0.25, 0.3) is 0 Å². The Morgan fingerprint density at radius 3 is 2.27 bits per heavy atom. The maximum atomic E-state index is 11.3. The van der Waals surface area contributed by atoms with Crippen molar-refractivity contribution in [3.05, 3.63) is 0 Å². The normalized spacial score (nSPS) is 10.9. The van der Waals surface area contributed by atoms with Gasteiger partial charge in [0.15, 0.2) is 0 Å². The molecule has 0 atom stereocenters. The minimum absolute atomic E-state index is 0.000697. The molecule has 2 N–H and O–H groups in total. The topological polar surface area (TPSA) is 67.4 Å². The molecule has 0 saturated heterocycles. The lowest BCUT2D eigenvalue weighted by molar-refractivity contribution is -0.129. The zero-order valence-corrected chi connectivity index (χ0v) is 9.85. The van der Waals surface area contributed by atoms with Crippen LogP contribution in [0.15, 0.2) is 0 Å². The maximum Gasteiger partial charge on any atom is 0.246 e. The summed E-state index contributed by atoms with van der Waals surface area (Å²) < 4.78 is 4.88. The fourth-order valence-corrected chi connectivity index (χ4v) is 0.887. The van der Waals surface area contributed by atoms with Crippen LogP contribution in [-0.2, 0) is 14.3 Å². The highest BCUT2D eigenvalue weighted by Crippen LogP contribution is 1.96. The van der Waals surface area contributed by atoms with Crippen LogP contribution in [-0.4, -0.2) is 37.1 Å². The molecule has 0 rings (SSSR count). The minimum Gasteiger partial charge on any atom is -0.372 e. The summed E-state index contributed by atoms with van der Waals surface area (Å²) in [5, 5.41) is 5.20. The monoisotopic (exact) mass is 216 g/mol. The third-order valence-corrected chi connectivity index (χ3v) is 1.40. The van der Waals surface area contributed by atoms with Gasteiger partial charge in [0.1, 0.15) is 6.61 Å². The van der Waals surface area contributed by atoms with Crippen molar-refractivity contribution in [1.82, 2.24) is 10.6 Å². The Bertz CT molecular complexity index is 221. The van der Waals surface area contributed by atoms with Crippen molar-refractivity contribution in [1.29, 1.82) is 0 Å². The van der Waals surface area contributed by atoms with Gasteiger partial charge in [-0.2, -0.15) is 0 Å². The Balaban J connectivity index is 3.67. The van der Waals surface area contributed by atoms with Gasteiger partial charge in [-0.3, -0.25) is 9.59 Å². The second kappa shape index (κ2) is 6.40. The van der Waals surface area contributed by atoms with Crippen LogP contribution in [0, 0.1) is 0 Å². The Morgan fingerprint density at radius 1 is 1.20 bits per heavy atom. The van der Waals surface area contributed by atoms with Crippen LogP contribution >= 0.6 is 0 Å². The summed E-state index contributed by atoms with van der Waals surface area (Å²) in [6.45, 7) is 7.93. The second-order valence-electron chi connectivity index (χ2n) is 4.21. The van der Waals surface area contributed by atoms with Crippen molar-refractivity contribution in [2.75, 3.05) is 19.8 Å². The first-order chi connectivity index (χ1) is 6.85. The average molecular weight is 216 g/mol. The summed E-state index contributed by atoms with van der Waals surface area (Å²) >= 11 is 0. The third-order valence-electron chi connectivity index (χ3n) is 1.40. The summed E-state index contributed by atoms with van der Waals surface area (Å²) in [5.41, 5.74) is -0.276. The predicted molar refractivity (Wildman–Crippen MR) is 57.4 cm³/mol. The first kappa shape index (κ1) is 13.9. The molecule has 0 aliphatic rings. The molecule has 0 radical (unpaired) electrons. The molecule has 0 heterocycles. The number of rotatable bonds is 5. The zero-order chi connectivity index (χ0) is 11.9. The molecule has 0 bridgehead atoms. The lowest BCUT2D eigenvalue weighted by Crippen LogP contribution is -2.46. The van der Waals surface area contributed by atoms with Crippen molar-refractivity contribution in [2.24, 2.45) is 0 Å². The van der Waals surface area contributed by atoms with Crippen molar-refractivity contribution < 1.29 is 14.3 Å². The van der Waals surface area contributed by atoms with Gasteiger partial charge in [-0.1, -0.05) is 0 Å². The molecule has 0 aliphatic carbocycles. The Hall–Kier alpha value is -1.10. The van der Waals surface area contributed by atoms with Gasteiger partial charge in [-0.15, -0.1) is 0 Å². The highest BCUT2D eigenvalue weighted by Gasteiger charge is 2.13. The highest BCUT2D eigenvalue weighted by atomic mass is 16.5. The van der Waals surface area contributed by atoms with Crippen LogP contribution in [0.4, 0.5) is 0 Å². The largest absolute Gasteiger partial charge is 0.372 e. The van der Waals surface area contributed by atoms with Crippen molar-refractivity contribution in [3.63, 3.8) is 0 Å². The predicted octanol–water partition coefficient (Wildman–Crippen LogP) is 0.0538. The molecule has 0 fully saturated rings. The number of ether oxygens (including phenoxy) is 1. The SMILES string of the molecule is CCOCC(=O)NCC(=O)NC(C)(C)C. The van der Waals surface area contributed by atoms with Crippen molar-refractivity contribution in [3.8, 4) is 0 Å². The zero-order valence-electron chi connectivity index (χ0n) is 9.85. The van der Waals surface area contributed by atoms with E-state index in [-0.39, 0.29) is 30.5 Å². The molecule has 0 aromatic heterocycles. The van der Waals surface area contributed by atoms with Crippen LogP contribution in [0.3, 0.4) is 0 Å². The van der Waals surface area contributed by atoms with E-state index in [1.54, 1.807) is 6.92 Å². The number of hydrogen-bond acceptors (Lipinski definition) is 3. The average Bonchev–Trinajstić information content (AvgIpc) is 2.08. The van der Waals surface area contributed by atoms with Gasteiger partial charge in [0.25, 0.3) is 0 Å². The van der Waals surface area contributed by atoms with Crippen LogP contribution < -0.4 is 10.6 Å². The molecule has 15 heavy (non-hydrogen) atoms. The smallest absolute Gasteiger partial charge is 0.246 e. The van der Waals surface area contributed by atoms with Gasteiger partial charge in [0.05, 0.1) is 6.54 Å². The van der Waals surface area contributed by atoms with Gasteiger partial charge >= 0.3 is 0 Å². The second-order valence-corrected chi connectivity index (χ2v) is 4.21. The van der Waals surface area contributed by atoms with Crippen molar-refractivity contribution in [2.45, 2.75) is 33.2 Å². The van der Waals surface area contributed by atoms with E-state index in [1.807, 2.05) is 20.8 Å². The Labute approximate surface area is 90.6 Å². The fourth-order valence-electron chi connectivity index (χ4n) is 0.887. The number of carbonyl (C=O) groups is 2. The Kier molecular flexibility index (Phi) is 5.93. The van der Waals surface area contributed by atoms with E-state index < -0.39 is 0 Å². The van der Waals surface area contributed by atoms with E-state index in [9.17, 15) is 9.59 Å². The molecule has 2 amide bonds. The molecular formula is C10H20N2O3. The molecule has 0 aromatic rings. The summed E-state index contributed by atoms with van der Waals surface area (Å²) in [5.74, 6) is -0.478. The fraction of sp³-hybridized carbons (Fsp3) is 0.800. The molecule has 0 spiro atoms. The van der Waals surface area contributed by atoms with Gasteiger partial charge in [-0.05, 0) is 27.7 Å². The summed E-state index contributed by atoms with van der Waals surface area (Å²) in [7, 11) is 0. The van der Waals surface area contributed by atoms with E-state index in [4.69, 9.17) is 4.74 Å². The number of hydrogen-bond donors (Lipinski definition) is 2. The summed E-state index contributed by atoms with van der Waals surface area (Å²) in [6.07, 6.45) is 0. The van der Waals surface area contributed by atoms with Crippen LogP contribution in [0.5, 0.6) is 0 Å². The van der Waals surface area contributed by atoms with E-state index in [2.05, 4.69) is 10.6 Å². The molecule has 5 heteroatoms. The van der Waals surface area contributed by atoms with E-state index >= 15 is 0 Å². The molecule has 0 aliphatic heterocycles. The van der Waals surface area contributed by atoms with E-state index in [1.165, 1.54) is 0 Å². The lowest BCUT2D eigenvalue weighted by atomic mass is 10.1. The lowest BCUT2D eigenvalue weighted by Gasteiger charge is -2.20. The quantitative estimate of drug-likeness (QED) is 0.682. The van der Waals surface area contributed by atoms with Crippen LogP contribution in [0.2, 0.25) is 0 Å². The highest BCUT2D eigenvalue weighted by molar-refractivity contribution is 5.85. The third kappa shape index (κ3) is 9.21. The molecular weight excluding hydrogens is 196 g/mol. The van der Waals surface area contributed by atoms with Gasteiger partial charge in [0, 0.05) is 12.1 Å².